The Morgan fingerprint density at radius 1 is 0.636 bits per heavy atom. The lowest BCUT2D eigenvalue weighted by atomic mass is 10.3. The van der Waals surface area contributed by atoms with Gasteiger partial charge >= 0.3 is 0 Å². The molecular formula is C18H24O2Si2. The average molecular weight is 329 g/mol. The molecule has 0 amide bonds. The van der Waals surface area contributed by atoms with E-state index in [0.717, 1.165) is 11.5 Å². The van der Waals surface area contributed by atoms with Crippen LogP contribution >= 0.6 is 0 Å². The molecule has 0 radical (unpaired) electrons. The van der Waals surface area contributed by atoms with Gasteiger partial charge in [0.2, 0.25) is 0 Å². The zero-order valence-corrected chi connectivity index (χ0v) is 16.3. The summed E-state index contributed by atoms with van der Waals surface area (Å²) < 4.78 is 11.1. The van der Waals surface area contributed by atoms with Crippen molar-refractivity contribution in [2.75, 3.05) is 14.2 Å². The molecule has 0 saturated carbocycles. The number of ether oxygens (including phenoxy) is 2. The van der Waals surface area contributed by atoms with E-state index in [1.807, 2.05) is 0 Å². The third kappa shape index (κ3) is 1.97. The minimum absolute atomic E-state index is 0.853. The van der Waals surface area contributed by atoms with Crippen LogP contribution in [0.2, 0.25) is 26.2 Å². The van der Waals surface area contributed by atoms with E-state index in [1.54, 1.807) is 24.6 Å². The first-order chi connectivity index (χ1) is 10.3. The molecule has 0 aromatic heterocycles. The van der Waals surface area contributed by atoms with Crippen molar-refractivity contribution in [1.82, 2.24) is 0 Å². The second kappa shape index (κ2) is 5.00. The Kier molecular flexibility index (Phi) is 3.49. The maximum absolute atomic E-state index is 5.56. The molecule has 2 nitrogen and oxygen atoms in total. The minimum atomic E-state index is -1.70. The fourth-order valence-corrected chi connectivity index (χ4v) is 13.1. The second-order valence-corrected chi connectivity index (χ2v) is 15.7. The second-order valence-electron chi connectivity index (χ2n) is 7.05. The van der Waals surface area contributed by atoms with Crippen molar-refractivity contribution in [2.45, 2.75) is 26.2 Å². The van der Waals surface area contributed by atoms with Gasteiger partial charge in [-0.25, -0.2) is 0 Å². The largest absolute Gasteiger partial charge is 0.493 e. The maximum atomic E-state index is 5.56. The predicted octanol–water partition coefficient (Wildman–Crippen LogP) is 1.66. The van der Waals surface area contributed by atoms with E-state index in [1.165, 1.54) is 10.4 Å². The fourth-order valence-electron chi connectivity index (χ4n) is 3.78. The quantitative estimate of drug-likeness (QED) is 0.781. The van der Waals surface area contributed by atoms with Crippen molar-refractivity contribution in [3.05, 3.63) is 36.4 Å². The molecule has 0 N–H and O–H groups in total. The molecule has 1 aliphatic heterocycles. The maximum Gasteiger partial charge on any atom is 0.160 e. The van der Waals surface area contributed by atoms with Crippen LogP contribution in [0.5, 0.6) is 11.5 Å². The first kappa shape index (κ1) is 15.4. The van der Waals surface area contributed by atoms with Gasteiger partial charge < -0.3 is 9.47 Å². The van der Waals surface area contributed by atoms with E-state index in [4.69, 9.17) is 9.47 Å². The van der Waals surface area contributed by atoms with Gasteiger partial charge in [-0.1, -0.05) is 71.2 Å². The molecule has 116 valence electrons. The highest BCUT2D eigenvalue weighted by atomic mass is 28.3. The summed E-state index contributed by atoms with van der Waals surface area (Å²) in [6.45, 7) is 9.78. The van der Waals surface area contributed by atoms with E-state index in [0.29, 0.717) is 0 Å². The summed E-state index contributed by atoms with van der Waals surface area (Å²) >= 11 is 0. The number of hydrogen-bond donors (Lipinski definition) is 0. The molecule has 1 aliphatic rings. The summed E-state index contributed by atoms with van der Waals surface area (Å²) in [5.41, 5.74) is 0. The molecule has 2 aromatic rings. The molecule has 0 saturated heterocycles. The Morgan fingerprint density at radius 3 is 1.32 bits per heavy atom. The number of methoxy groups -OCH3 is 2. The summed E-state index contributed by atoms with van der Waals surface area (Å²) in [6.07, 6.45) is 0. The van der Waals surface area contributed by atoms with E-state index in [-0.39, 0.29) is 0 Å². The summed E-state index contributed by atoms with van der Waals surface area (Å²) in [4.78, 5) is 0. The number of rotatable bonds is 2. The van der Waals surface area contributed by atoms with Crippen LogP contribution in [0.25, 0.3) is 0 Å². The molecule has 0 bridgehead atoms. The molecule has 0 spiro atoms. The third-order valence-electron chi connectivity index (χ3n) is 5.14. The normalized spacial score (nSPS) is 17.4. The summed E-state index contributed by atoms with van der Waals surface area (Å²) in [6, 6.07) is 13.5. The summed E-state index contributed by atoms with van der Waals surface area (Å²) in [5.74, 6) is 1.71. The number of hydrogen-bond acceptors (Lipinski definition) is 2. The molecule has 22 heavy (non-hydrogen) atoms. The van der Waals surface area contributed by atoms with Crippen LogP contribution in [0.1, 0.15) is 0 Å². The van der Waals surface area contributed by atoms with Crippen LogP contribution in [-0.2, 0) is 0 Å². The molecule has 1 heterocycles. The lowest BCUT2D eigenvalue weighted by Crippen LogP contribution is -2.77. The van der Waals surface area contributed by atoms with Crippen molar-refractivity contribution in [3.63, 3.8) is 0 Å². The zero-order valence-electron chi connectivity index (χ0n) is 14.3. The van der Waals surface area contributed by atoms with Gasteiger partial charge in [-0.05, 0) is 12.1 Å². The molecular weight excluding hydrogens is 304 g/mol. The summed E-state index contributed by atoms with van der Waals surface area (Å²) in [5, 5.41) is 6.21. The van der Waals surface area contributed by atoms with Crippen molar-refractivity contribution in [1.29, 1.82) is 0 Å². The predicted molar refractivity (Wildman–Crippen MR) is 99.5 cm³/mol. The first-order valence-corrected chi connectivity index (χ1v) is 13.7. The lowest BCUT2D eigenvalue weighted by Gasteiger charge is -2.42. The third-order valence-corrected chi connectivity index (χ3v) is 12.7. The number of fused-ring (bicyclic) bond motifs is 2. The first-order valence-electron chi connectivity index (χ1n) is 7.71. The highest BCUT2D eigenvalue weighted by Crippen LogP contribution is 2.27. The van der Waals surface area contributed by atoms with Crippen LogP contribution in [0.3, 0.4) is 0 Å². The molecule has 0 aliphatic carbocycles. The van der Waals surface area contributed by atoms with Crippen LogP contribution < -0.4 is 30.2 Å². The standard InChI is InChI=1S/C18H24O2Si2/c1-19-13-11-17-18(12-14(13)20-2)22(5,6)16-10-8-7-9-15(16)21(17,3)4/h7-12H,1-6H3. The minimum Gasteiger partial charge on any atom is -0.493 e. The Balaban J connectivity index is 2.37. The van der Waals surface area contributed by atoms with Crippen molar-refractivity contribution >= 4 is 36.9 Å². The van der Waals surface area contributed by atoms with Crippen LogP contribution in [-0.4, -0.2) is 30.4 Å². The van der Waals surface area contributed by atoms with E-state index in [9.17, 15) is 0 Å². The molecule has 0 fully saturated rings. The van der Waals surface area contributed by atoms with Crippen LogP contribution in [0.15, 0.2) is 36.4 Å². The van der Waals surface area contributed by atoms with E-state index < -0.39 is 16.1 Å². The van der Waals surface area contributed by atoms with Gasteiger partial charge in [0.1, 0.15) is 16.1 Å². The van der Waals surface area contributed by atoms with Gasteiger partial charge in [0, 0.05) is 0 Å². The van der Waals surface area contributed by atoms with Gasteiger partial charge in [0.25, 0.3) is 0 Å². The molecule has 0 atom stereocenters. The van der Waals surface area contributed by atoms with Gasteiger partial charge in [-0.15, -0.1) is 0 Å². The fraction of sp³-hybridized carbons (Fsp3) is 0.333. The van der Waals surface area contributed by atoms with Gasteiger partial charge in [0.05, 0.1) is 14.2 Å². The molecule has 2 aromatic carbocycles. The SMILES string of the molecule is COc1cc2c(cc1OC)[Si](C)(C)c1ccccc1[Si]2(C)C. The number of benzene rings is 2. The molecule has 3 rings (SSSR count). The molecule has 4 heteroatoms. The van der Waals surface area contributed by atoms with E-state index >= 15 is 0 Å². The van der Waals surface area contributed by atoms with Crippen molar-refractivity contribution in [2.24, 2.45) is 0 Å². The highest BCUT2D eigenvalue weighted by molar-refractivity contribution is 7.16. The van der Waals surface area contributed by atoms with Gasteiger partial charge in [-0.2, -0.15) is 0 Å². The van der Waals surface area contributed by atoms with Gasteiger partial charge in [-0.3, -0.25) is 0 Å². The molecule has 0 unspecified atom stereocenters. The Hall–Kier alpha value is -1.53. The Bertz CT molecular complexity index is 674. The average Bonchev–Trinajstić information content (AvgIpc) is 2.52. The van der Waals surface area contributed by atoms with Crippen molar-refractivity contribution in [3.8, 4) is 11.5 Å². The Morgan fingerprint density at radius 2 is 1.00 bits per heavy atom. The smallest absolute Gasteiger partial charge is 0.160 e. The lowest BCUT2D eigenvalue weighted by molar-refractivity contribution is 0.355. The van der Waals surface area contributed by atoms with Gasteiger partial charge in [0.15, 0.2) is 11.5 Å². The zero-order chi connectivity index (χ0) is 16.1. The van der Waals surface area contributed by atoms with Crippen molar-refractivity contribution < 1.29 is 9.47 Å². The highest BCUT2D eigenvalue weighted by Gasteiger charge is 2.44. The monoisotopic (exact) mass is 328 g/mol. The topological polar surface area (TPSA) is 18.5 Å². The Labute approximate surface area is 135 Å². The van der Waals surface area contributed by atoms with Crippen LogP contribution in [0.4, 0.5) is 0 Å². The summed E-state index contributed by atoms with van der Waals surface area (Å²) in [7, 11) is 0.0312. The van der Waals surface area contributed by atoms with Crippen LogP contribution in [0, 0.1) is 0 Å². The van der Waals surface area contributed by atoms with E-state index in [2.05, 4.69) is 62.6 Å².